The van der Waals surface area contributed by atoms with Gasteiger partial charge in [0.05, 0.1) is 12.7 Å². The zero-order valence-corrected chi connectivity index (χ0v) is 10.1. The van der Waals surface area contributed by atoms with Crippen LogP contribution < -0.4 is 0 Å². The molecule has 0 N–H and O–H groups in total. The largest absolute Gasteiger partial charge is 0.372 e. The molecule has 78 valence electrons. The fourth-order valence-electron chi connectivity index (χ4n) is 2.10. The van der Waals surface area contributed by atoms with E-state index in [0.29, 0.717) is 12.0 Å². The van der Waals surface area contributed by atoms with Gasteiger partial charge in [-0.05, 0) is 22.9 Å². The predicted molar refractivity (Wildman–Crippen MR) is 60.9 cm³/mol. The average molecular weight is 210 g/mol. The molecule has 1 aliphatic heterocycles. The van der Waals surface area contributed by atoms with Gasteiger partial charge < -0.3 is 4.74 Å². The Hall–Kier alpha value is -0.340. The normalized spacial score (nSPS) is 25.1. The van der Waals surface area contributed by atoms with Crippen molar-refractivity contribution in [2.24, 2.45) is 5.92 Å². The molecule has 0 bridgehead atoms. The van der Waals surface area contributed by atoms with Gasteiger partial charge in [-0.25, -0.2) is 0 Å². The Kier molecular flexibility index (Phi) is 2.44. The highest BCUT2D eigenvalue weighted by Gasteiger charge is 2.35. The molecule has 0 amide bonds. The van der Waals surface area contributed by atoms with E-state index in [9.17, 15) is 0 Å². The lowest BCUT2D eigenvalue weighted by Gasteiger charge is -2.36. The van der Waals surface area contributed by atoms with Crippen LogP contribution >= 0.6 is 11.3 Å². The maximum atomic E-state index is 5.95. The number of rotatable bonds is 1. The summed E-state index contributed by atoms with van der Waals surface area (Å²) in [4.78, 5) is 1.52. The molecule has 1 atom stereocenters. The molecule has 2 heterocycles. The minimum Gasteiger partial charge on any atom is -0.372 e. The zero-order chi connectivity index (χ0) is 10.3. The lowest BCUT2D eigenvalue weighted by atomic mass is 9.84. The minimum atomic E-state index is 0.203. The Morgan fingerprint density at radius 3 is 2.86 bits per heavy atom. The van der Waals surface area contributed by atoms with E-state index in [4.69, 9.17) is 4.74 Å². The van der Waals surface area contributed by atoms with Crippen molar-refractivity contribution in [2.45, 2.75) is 39.2 Å². The second-order valence-electron chi connectivity index (χ2n) is 5.06. The molecule has 14 heavy (non-hydrogen) atoms. The van der Waals surface area contributed by atoms with Crippen molar-refractivity contribution in [3.63, 3.8) is 0 Å². The highest BCUT2D eigenvalue weighted by molar-refractivity contribution is 7.10. The van der Waals surface area contributed by atoms with Crippen LogP contribution in [0.4, 0.5) is 0 Å². The van der Waals surface area contributed by atoms with Crippen molar-refractivity contribution in [3.05, 3.63) is 21.9 Å². The number of hydrogen-bond acceptors (Lipinski definition) is 2. The Morgan fingerprint density at radius 2 is 2.21 bits per heavy atom. The van der Waals surface area contributed by atoms with Gasteiger partial charge in [0, 0.05) is 10.3 Å². The van der Waals surface area contributed by atoms with Gasteiger partial charge in [0.15, 0.2) is 0 Å². The first-order chi connectivity index (χ1) is 6.52. The summed E-state index contributed by atoms with van der Waals surface area (Å²) >= 11 is 1.87. The molecule has 0 saturated heterocycles. The Labute approximate surface area is 90.1 Å². The molecule has 1 unspecified atom stereocenters. The first-order valence-corrected chi connectivity index (χ1v) is 6.10. The van der Waals surface area contributed by atoms with E-state index in [-0.39, 0.29) is 5.41 Å². The Bertz CT molecular complexity index is 325. The third kappa shape index (κ3) is 1.51. The van der Waals surface area contributed by atoms with Gasteiger partial charge in [-0.3, -0.25) is 0 Å². The number of hydrogen-bond donors (Lipinski definition) is 0. The first kappa shape index (κ1) is 10.2. The van der Waals surface area contributed by atoms with Crippen molar-refractivity contribution in [1.29, 1.82) is 0 Å². The second-order valence-corrected chi connectivity index (χ2v) is 5.98. The fraction of sp³-hybridized carbons (Fsp3) is 0.667. The first-order valence-electron chi connectivity index (χ1n) is 5.22. The van der Waals surface area contributed by atoms with Crippen molar-refractivity contribution >= 4 is 11.3 Å². The smallest absolute Gasteiger partial charge is 0.0859 e. The molecule has 0 radical (unpaired) electrons. The van der Waals surface area contributed by atoms with Crippen LogP contribution in [0.15, 0.2) is 11.4 Å². The lowest BCUT2D eigenvalue weighted by Crippen LogP contribution is -2.32. The molecule has 0 saturated carbocycles. The van der Waals surface area contributed by atoms with Crippen LogP contribution in [-0.2, 0) is 10.2 Å². The van der Waals surface area contributed by atoms with Gasteiger partial charge in [-0.1, -0.05) is 27.7 Å². The molecule has 1 nitrogen and oxygen atoms in total. The topological polar surface area (TPSA) is 9.23 Å². The van der Waals surface area contributed by atoms with E-state index in [1.807, 2.05) is 11.3 Å². The molecule has 2 rings (SSSR count). The van der Waals surface area contributed by atoms with Crippen molar-refractivity contribution < 1.29 is 4.74 Å². The highest BCUT2D eigenvalue weighted by Crippen LogP contribution is 2.43. The molecule has 1 aromatic rings. The molecule has 0 spiro atoms. The van der Waals surface area contributed by atoms with Gasteiger partial charge in [-0.15, -0.1) is 11.3 Å². The average Bonchev–Trinajstić information content (AvgIpc) is 2.52. The standard InChI is InChI=1S/C12H18OS/c1-8(2)10-9-5-6-14-11(9)12(3,4)7-13-10/h5-6,8,10H,7H2,1-4H3. The van der Waals surface area contributed by atoms with E-state index in [1.54, 1.807) is 0 Å². The molecular formula is C12H18OS. The van der Waals surface area contributed by atoms with Gasteiger partial charge in [0.25, 0.3) is 0 Å². The number of ether oxygens (including phenoxy) is 1. The van der Waals surface area contributed by atoms with E-state index >= 15 is 0 Å². The zero-order valence-electron chi connectivity index (χ0n) is 9.33. The van der Waals surface area contributed by atoms with Crippen LogP contribution in [0.1, 0.15) is 44.2 Å². The summed E-state index contributed by atoms with van der Waals surface area (Å²) in [6.45, 7) is 9.83. The van der Waals surface area contributed by atoms with Crippen molar-refractivity contribution in [3.8, 4) is 0 Å². The SMILES string of the molecule is CC(C)C1OCC(C)(C)c2sccc21. The minimum absolute atomic E-state index is 0.203. The van der Waals surface area contributed by atoms with Gasteiger partial charge in [-0.2, -0.15) is 0 Å². The van der Waals surface area contributed by atoms with Crippen molar-refractivity contribution in [2.75, 3.05) is 6.61 Å². The van der Waals surface area contributed by atoms with E-state index in [1.165, 1.54) is 10.4 Å². The summed E-state index contributed by atoms with van der Waals surface area (Å²) in [5, 5.41) is 2.19. The summed E-state index contributed by atoms with van der Waals surface area (Å²) in [7, 11) is 0. The third-order valence-electron chi connectivity index (χ3n) is 2.85. The maximum Gasteiger partial charge on any atom is 0.0859 e. The summed E-state index contributed by atoms with van der Waals surface area (Å²) < 4.78 is 5.95. The van der Waals surface area contributed by atoms with E-state index in [0.717, 1.165) is 6.61 Å². The highest BCUT2D eigenvalue weighted by atomic mass is 32.1. The van der Waals surface area contributed by atoms with Crippen LogP contribution in [0, 0.1) is 5.92 Å². The van der Waals surface area contributed by atoms with Crippen molar-refractivity contribution in [1.82, 2.24) is 0 Å². The van der Waals surface area contributed by atoms with Gasteiger partial charge >= 0.3 is 0 Å². The molecule has 1 aromatic heterocycles. The Morgan fingerprint density at radius 1 is 1.50 bits per heavy atom. The summed E-state index contributed by atoms with van der Waals surface area (Å²) in [5.41, 5.74) is 1.62. The number of thiophene rings is 1. The van der Waals surface area contributed by atoms with Crippen LogP contribution in [0.2, 0.25) is 0 Å². The fourth-order valence-corrected chi connectivity index (χ4v) is 3.15. The molecule has 1 aliphatic rings. The third-order valence-corrected chi connectivity index (χ3v) is 4.14. The molecular weight excluding hydrogens is 192 g/mol. The van der Waals surface area contributed by atoms with Crippen LogP contribution in [0.25, 0.3) is 0 Å². The summed E-state index contributed by atoms with van der Waals surface area (Å²) in [6.07, 6.45) is 0.310. The molecule has 0 fully saturated rings. The quantitative estimate of drug-likeness (QED) is 0.686. The monoisotopic (exact) mass is 210 g/mol. The van der Waals surface area contributed by atoms with Gasteiger partial charge in [0.1, 0.15) is 0 Å². The summed E-state index contributed by atoms with van der Waals surface area (Å²) in [6, 6.07) is 2.23. The van der Waals surface area contributed by atoms with Crippen LogP contribution in [0.5, 0.6) is 0 Å². The Balaban J connectivity index is 2.42. The van der Waals surface area contributed by atoms with E-state index in [2.05, 4.69) is 39.1 Å². The van der Waals surface area contributed by atoms with Gasteiger partial charge in [0.2, 0.25) is 0 Å². The number of fused-ring (bicyclic) bond motifs is 1. The molecule has 0 aromatic carbocycles. The second kappa shape index (κ2) is 3.35. The van der Waals surface area contributed by atoms with Crippen LogP contribution in [0.3, 0.4) is 0 Å². The van der Waals surface area contributed by atoms with E-state index < -0.39 is 0 Å². The maximum absolute atomic E-state index is 5.95. The lowest BCUT2D eigenvalue weighted by molar-refractivity contribution is -0.0174. The molecule has 2 heteroatoms. The predicted octanol–water partition coefficient (Wildman–Crippen LogP) is 3.75. The summed E-state index contributed by atoms with van der Waals surface area (Å²) in [5.74, 6) is 0.569. The van der Waals surface area contributed by atoms with Crippen LogP contribution in [-0.4, -0.2) is 6.61 Å². The molecule has 0 aliphatic carbocycles.